The van der Waals surface area contributed by atoms with E-state index in [4.69, 9.17) is 4.74 Å². The van der Waals surface area contributed by atoms with Gasteiger partial charge in [0.05, 0.1) is 12.7 Å². The summed E-state index contributed by atoms with van der Waals surface area (Å²) >= 11 is 0. The van der Waals surface area contributed by atoms with E-state index in [-0.39, 0.29) is 0 Å². The predicted molar refractivity (Wildman–Crippen MR) is 67.2 cm³/mol. The molecule has 1 aromatic rings. The van der Waals surface area contributed by atoms with Crippen molar-refractivity contribution in [1.29, 1.82) is 0 Å². The number of benzene rings is 1. The lowest BCUT2D eigenvalue weighted by Crippen LogP contribution is -2.19. The van der Waals surface area contributed by atoms with Crippen LogP contribution in [0.4, 0.5) is 13.2 Å². The van der Waals surface area contributed by atoms with E-state index in [0.29, 0.717) is 23.4 Å². The SMILES string of the molecule is COc1c(C)cc(C(F)(F)F)cc1CN1CCCC1. The van der Waals surface area contributed by atoms with Crippen molar-refractivity contribution >= 4 is 0 Å². The van der Waals surface area contributed by atoms with Gasteiger partial charge in [0.25, 0.3) is 0 Å². The first kappa shape index (κ1) is 14.2. The highest BCUT2D eigenvalue weighted by atomic mass is 19.4. The molecular weight excluding hydrogens is 255 g/mol. The molecule has 1 saturated heterocycles. The van der Waals surface area contributed by atoms with Crippen LogP contribution in [-0.4, -0.2) is 25.1 Å². The number of ether oxygens (including phenoxy) is 1. The lowest BCUT2D eigenvalue weighted by molar-refractivity contribution is -0.137. The van der Waals surface area contributed by atoms with E-state index in [1.807, 2.05) is 0 Å². The molecule has 2 nitrogen and oxygen atoms in total. The van der Waals surface area contributed by atoms with Crippen molar-refractivity contribution in [2.75, 3.05) is 20.2 Å². The Hall–Kier alpha value is -1.23. The van der Waals surface area contributed by atoms with Crippen LogP contribution < -0.4 is 4.74 Å². The van der Waals surface area contributed by atoms with Gasteiger partial charge in [0.1, 0.15) is 5.75 Å². The van der Waals surface area contributed by atoms with Gasteiger partial charge in [-0.1, -0.05) is 0 Å². The van der Waals surface area contributed by atoms with E-state index in [1.54, 1.807) is 6.92 Å². The van der Waals surface area contributed by atoms with Crippen molar-refractivity contribution in [1.82, 2.24) is 4.90 Å². The van der Waals surface area contributed by atoms with Gasteiger partial charge in [-0.2, -0.15) is 13.2 Å². The van der Waals surface area contributed by atoms with Crippen molar-refractivity contribution < 1.29 is 17.9 Å². The summed E-state index contributed by atoms with van der Waals surface area (Å²) in [5.41, 5.74) is 0.559. The summed E-state index contributed by atoms with van der Waals surface area (Å²) in [7, 11) is 1.50. The monoisotopic (exact) mass is 273 g/mol. The van der Waals surface area contributed by atoms with E-state index < -0.39 is 11.7 Å². The van der Waals surface area contributed by atoms with E-state index in [9.17, 15) is 13.2 Å². The fourth-order valence-corrected chi connectivity index (χ4v) is 2.60. The number of likely N-dealkylation sites (tertiary alicyclic amines) is 1. The largest absolute Gasteiger partial charge is 0.496 e. The average Bonchev–Trinajstić information content (AvgIpc) is 2.80. The molecule has 1 aliphatic heterocycles. The Morgan fingerprint density at radius 1 is 1.21 bits per heavy atom. The zero-order chi connectivity index (χ0) is 14.0. The van der Waals surface area contributed by atoms with Crippen LogP contribution in [0.2, 0.25) is 0 Å². The Labute approximate surface area is 111 Å². The van der Waals surface area contributed by atoms with Crippen molar-refractivity contribution in [3.8, 4) is 5.75 Å². The summed E-state index contributed by atoms with van der Waals surface area (Å²) in [6.45, 7) is 4.06. The average molecular weight is 273 g/mol. The number of halogens is 3. The summed E-state index contributed by atoms with van der Waals surface area (Å²) in [6, 6.07) is 2.36. The van der Waals surface area contributed by atoms with Crippen LogP contribution in [0.1, 0.15) is 29.5 Å². The van der Waals surface area contributed by atoms with E-state index in [1.165, 1.54) is 13.2 Å². The smallest absolute Gasteiger partial charge is 0.416 e. The molecule has 0 unspecified atom stereocenters. The predicted octanol–water partition coefficient (Wildman–Crippen LogP) is 3.62. The first-order valence-corrected chi connectivity index (χ1v) is 6.39. The fraction of sp³-hybridized carbons (Fsp3) is 0.571. The highest BCUT2D eigenvalue weighted by Crippen LogP contribution is 2.35. The Morgan fingerprint density at radius 2 is 1.84 bits per heavy atom. The minimum absolute atomic E-state index is 0.522. The maximum Gasteiger partial charge on any atom is 0.416 e. The third kappa shape index (κ3) is 3.21. The Bertz CT molecular complexity index is 451. The van der Waals surface area contributed by atoms with Crippen LogP contribution in [-0.2, 0) is 12.7 Å². The van der Waals surface area contributed by atoms with Gasteiger partial charge in [0.2, 0.25) is 0 Å². The number of hydrogen-bond donors (Lipinski definition) is 0. The van der Waals surface area contributed by atoms with Gasteiger partial charge < -0.3 is 4.74 Å². The maximum atomic E-state index is 12.8. The van der Waals surface area contributed by atoms with Crippen molar-refractivity contribution in [2.24, 2.45) is 0 Å². The zero-order valence-electron chi connectivity index (χ0n) is 11.2. The fourth-order valence-electron chi connectivity index (χ4n) is 2.60. The molecular formula is C14H18F3NO. The summed E-state index contributed by atoms with van der Waals surface area (Å²) in [4.78, 5) is 2.16. The molecule has 0 amide bonds. The molecule has 0 aliphatic carbocycles. The number of aryl methyl sites for hydroxylation is 1. The molecule has 0 radical (unpaired) electrons. The van der Waals surface area contributed by atoms with Crippen LogP contribution in [0.3, 0.4) is 0 Å². The van der Waals surface area contributed by atoms with Gasteiger partial charge in [-0.05, 0) is 50.6 Å². The number of methoxy groups -OCH3 is 1. The van der Waals surface area contributed by atoms with Crippen molar-refractivity contribution in [2.45, 2.75) is 32.5 Å². The summed E-state index contributed by atoms with van der Waals surface area (Å²) in [5.74, 6) is 0.569. The number of nitrogens with zero attached hydrogens (tertiary/aromatic N) is 1. The molecule has 1 aliphatic rings. The second-order valence-corrected chi connectivity index (χ2v) is 4.97. The maximum absolute atomic E-state index is 12.8. The summed E-state index contributed by atoms with van der Waals surface area (Å²) in [5, 5.41) is 0. The molecule has 5 heteroatoms. The Balaban J connectivity index is 2.35. The molecule has 0 spiro atoms. The Kier molecular flexibility index (Phi) is 4.04. The second-order valence-electron chi connectivity index (χ2n) is 4.97. The number of hydrogen-bond acceptors (Lipinski definition) is 2. The lowest BCUT2D eigenvalue weighted by Gasteiger charge is -2.20. The van der Waals surface area contributed by atoms with Crippen LogP contribution in [0.25, 0.3) is 0 Å². The quantitative estimate of drug-likeness (QED) is 0.834. The zero-order valence-corrected chi connectivity index (χ0v) is 11.2. The van der Waals surface area contributed by atoms with Gasteiger partial charge in [-0.3, -0.25) is 4.90 Å². The first-order valence-electron chi connectivity index (χ1n) is 6.39. The van der Waals surface area contributed by atoms with Crippen molar-refractivity contribution in [3.63, 3.8) is 0 Å². The number of rotatable bonds is 3. The Morgan fingerprint density at radius 3 is 2.37 bits per heavy atom. The molecule has 106 valence electrons. The molecule has 1 fully saturated rings. The molecule has 0 atom stereocenters. The normalized spacial score (nSPS) is 16.9. The van der Waals surface area contributed by atoms with Crippen molar-refractivity contribution in [3.05, 3.63) is 28.8 Å². The minimum atomic E-state index is -4.31. The molecule has 0 N–H and O–H groups in total. The first-order chi connectivity index (χ1) is 8.91. The molecule has 0 bridgehead atoms. The van der Waals surface area contributed by atoms with Gasteiger partial charge in [-0.25, -0.2) is 0 Å². The molecule has 0 saturated carbocycles. The van der Waals surface area contributed by atoms with Crippen LogP contribution in [0.5, 0.6) is 5.75 Å². The van der Waals surface area contributed by atoms with Gasteiger partial charge in [0, 0.05) is 12.1 Å². The third-order valence-corrected chi connectivity index (χ3v) is 3.48. The minimum Gasteiger partial charge on any atom is -0.496 e. The number of alkyl halides is 3. The summed E-state index contributed by atoms with van der Waals surface area (Å²) in [6.07, 6.45) is -2.09. The molecule has 1 aromatic carbocycles. The van der Waals surface area contributed by atoms with Crippen LogP contribution in [0, 0.1) is 6.92 Å². The van der Waals surface area contributed by atoms with Gasteiger partial charge in [0.15, 0.2) is 0 Å². The highest BCUT2D eigenvalue weighted by Gasteiger charge is 2.32. The van der Waals surface area contributed by atoms with Crippen LogP contribution >= 0.6 is 0 Å². The van der Waals surface area contributed by atoms with Gasteiger partial charge >= 0.3 is 6.18 Å². The molecule has 0 aromatic heterocycles. The van der Waals surface area contributed by atoms with E-state index >= 15 is 0 Å². The van der Waals surface area contributed by atoms with E-state index in [0.717, 1.165) is 32.0 Å². The second kappa shape index (κ2) is 5.41. The molecule has 2 rings (SSSR count). The lowest BCUT2D eigenvalue weighted by atomic mass is 10.0. The summed E-state index contributed by atoms with van der Waals surface area (Å²) < 4.78 is 43.8. The van der Waals surface area contributed by atoms with Crippen LogP contribution in [0.15, 0.2) is 12.1 Å². The van der Waals surface area contributed by atoms with Gasteiger partial charge in [-0.15, -0.1) is 0 Å². The third-order valence-electron chi connectivity index (χ3n) is 3.48. The molecule has 19 heavy (non-hydrogen) atoms. The molecule has 1 heterocycles. The highest BCUT2D eigenvalue weighted by molar-refractivity contribution is 5.45. The topological polar surface area (TPSA) is 12.5 Å². The standard InChI is InChI=1S/C14H18F3NO/c1-10-7-12(14(15,16)17)8-11(13(10)19-2)9-18-5-3-4-6-18/h7-8H,3-6,9H2,1-2H3. The van der Waals surface area contributed by atoms with E-state index in [2.05, 4.69) is 4.90 Å².